The normalized spacial score (nSPS) is 26.8. The van der Waals surface area contributed by atoms with Crippen molar-refractivity contribution in [1.82, 2.24) is 0 Å². The van der Waals surface area contributed by atoms with E-state index in [2.05, 4.69) is 13.0 Å². The lowest BCUT2D eigenvalue weighted by atomic mass is 10.3. The van der Waals surface area contributed by atoms with E-state index in [0.717, 1.165) is 12.3 Å². The van der Waals surface area contributed by atoms with Gasteiger partial charge in [-0.25, -0.2) is 0 Å². The maximum absolute atomic E-state index is 5.76. The lowest BCUT2D eigenvalue weighted by Gasteiger charge is -2.12. The van der Waals surface area contributed by atoms with Crippen LogP contribution in [-0.4, -0.2) is 24.3 Å². The molecular formula is C8H14ClOP. The Morgan fingerprint density at radius 3 is 3.00 bits per heavy atom. The van der Waals surface area contributed by atoms with Gasteiger partial charge in [0.15, 0.2) is 0 Å². The zero-order chi connectivity index (χ0) is 8.27. The molecule has 0 aromatic rings. The largest absolute Gasteiger partial charge is 0.357 e. The molecule has 11 heavy (non-hydrogen) atoms. The van der Waals surface area contributed by atoms with Crippen LogP contribution in [0, 0.1) is 0 Å². The van der Waals surface area contributed by atoms with E-state index in [1.54, 1.807) is 0 Å². The fraction of sp³-hybridized carbons (Fsp3) is 0.750. The highest BCUT2D eigenvalue weighted by Gasteiger charge is 2.14. The second kappa shape index (κ2) is 4.45. The Labute approximate surface area is 74.6 Å². The van der Waals surface area contributed by atoms with Crippen molar-refractivity contribution in [1.29, 1.82) is 0 Å². The molecule has 3 heteroatoms. The van der Waals surface area contributed by atoms with E-state index in [0.29, 0.717) is 6.61 Å². The van der Waals surface area contributed by atoms with Crippen LogP contribution in [-0.2, 0) is 4.52 Å². The number of halogens is 1. The molecule has 0 radical (unpaired) electrons. The van der Waals surface area contributed by atoms with Crippen molar-refractivity contribution >= 4 is 19.7 Å². The topological polar surface area (TPSA) is 9.23 Å². The molecule has 0 spiro atoms. The Morgan fingerprint density at radius 2 is 2.55 bits per heavy atom. The van der Waals surface area contributed by atoms with E-state index in [9.17, 15) is 0 Å². The number of hydrogen-bond acceptors (Lipinski definition) is 1. The van der Waals surface area contributed by atoms with Gasteiger partial charge in [-0.1, -0.05) is 11.6 Å². The zero-order valence-corrected chi connectivity index (χ0v) is 8.66. The number of alkyl halides is 1. The third-order valence-corrected chi connectivity index (χ3v) is 3.64. The number of allylic oxidation sites excluding steroid dienone is 2. The van der Waals surface area contributed by atoms with Crippen molar-refractivity contribution in [3.05, 3.63) is 11.6 Å². The van der Waals surface area contributed by atoms with E-state index in [1.807, 2.05) is 6.92 Å². The average molecular weight is 193 g/mol. The summed E-state index contributed by atoms with van der Waals surface area (Å²) in [5.74, 6) is 0. The minimum Gasteiger partial charge on any atom is -0.357 e. The number of rotatable bonds is 3. The van der Waals surface area contributed by atoms with Crippen LogP contribution in [0.15, 0.2) is 11.6 Å². The van der Waals surface area contributed by atoms with E-state index in [-0.39, 0.29) is 13.5 Å². The summed E-state index contributed by atoms with van der Waals surface area (Å²) < 4.78 is 5.62. The summed E-state index contributed by atoms with van der Waals surface area (Å²) in [6.45, 7) is 4.83. The highest BCUT2D eigenvalue weighted by atomic mass is 35.5. The summed E-state index contributed by atoms with van der Waals surface area (Å²) in [6, 6.07) is 0. The van der Waals surface area contributed by atoms with Crippen molar-refractivity contribution in [2.24, 2.45) is 0 Å². The summed E-state index contributed by atoms with van der Waals surface area (Å²) in [6.07, 6.45) is 4.55. The SMILES string of the molecule is CC1=CCP(OCC(C)Cl)C1. The smallest absolute Gasteiger partial charge is 0.0670 e. The Hall–Kier alpha value is 0.420. The maximum atomic E-state index is 5.76. The van der Waals surface area contributed by atoms with Crippen molar-refractivity contribution in [3.8, 4) is 0 Å². The monoisotopic (exact) mass is 192 g/mol. The quantitative estimate of drug-likeness (QED) is 0.380. The van der Waals surface area contributed by atoms with Crippen LogP contribution < -0.4 is 0 Å². The Bertz CT molecular complexity index is 156. The minimum absolute atomic E-state index is 0.151. The van der Waals surface area contributed by atoms with Gasteiger partial charge < -0.3 is 4.52 Å². The van der Waals surface area contributed by atoms with Crippen LogP contribution in [0.2, 0.25) is 0 Å². The van der Waals surface area contributed by atoms with E-state index in [1.165, 1.54) is 5.57 Å². The highest BCUT2D eigenvalue weighted by Crippen LogP contribution is 2.43. The highest BCUT2D eigenvalue weighted by molar-refractivity contribution is 7.53. The molecule has 64 valence electrons. The van der Waals surface area contributed by atoms with E-state index >= 15 is 0 Å². The van der Waals surface area contributed by atoms with Gasteiger partial charge in [-0.05, 0) is 13.8 Å². The van der Waals surface area contributed by atoms with Crippen LogP contribution in [0.3, 0.4) is 0 Å². The molecule has 2 atom stereocenters. The number of hydrogen-bond donors (Lipinski definition) is 0. The summed E-state index contributed by atoms with van der Waals surface area (Å²) >= 11 is 5.76. The second-order valence-corrected chi connectivity index (χ2v) is 5.60. The van der Waals surface area contributed by atoms with Crippen LogP contribution in [0.4, 0.5) is 0 Å². The molecular weight excluding hydrogens is 179 g/mol. The van der Waals surface area contributed by atoms with Gasteiger partial charge in [0.1, 0.15) is 0 Å². The molecule has 1 aliphatic rings. The average Bonchev–Trinajstić information content (AvgIpc) is 2.31. The molecule has 1 heterocycles. The predicted molar refractivity (Wildman–Crippen MR) is 51.7 cm³/mol. The Balaban J connectivity index is 2.11. The molecule has 0 aromatic carbocycles. The Kier molecular flexibility index (Phi) is 3.84. The molecule has 0 aliphatic carbocycles. The van der Waals surface area contributed by atoms with Crippen LogP contribution in [0.1, 0.15) is 13.8 Å². The summed E-state index contributed by atoms with van der Waals surface area (Å²) in [4.78, 5) is 0. The van der Waals surface area contributed by atoms with Crippen LogP contribution in [0.25, 0.3) is 0 Å². The van der Waals surface area contributed by atoms with Crippen molar-refractivity contribution in [2.45, 2.75) is 19.2 Å². The summed E-state index contributed by atoms with van der Waals surface area (Å²) in [5, 5.41) is 0.151. The van der Waals surface area contributed by atoms with Gasteiger partial charge >= 0.3 is 0 Å². The first kappa shape index (κ1) is 9.51. The lowest BCUT2D eigenvalue weighted by Crippen LogP contribution is -2.01. The maximum Gasteiger partial charge on any atom is 0.0670 e. The first-order valence-corrected chi connectivity index (χ1v) is 5.92. The van der Waals surface area contributed by atoms with Crippen molar-refractivity contribution in [3.63, 3.8) is 0 Å². The van der Waals surface area contributed by atoms with Gasteiger partial charge in [0, 0.05) is 20.5 Å². The van der Waals surface area contributed by atoms with Gasteiger partial charge in [-0.15, -0.1) is 11.6 Å². The molecule has 0 bridgehead atoms. The third kappa shape index (κ3) is 3.55. The molecule has 2 unspecified atom stereocenters. The Morgan fingerprint density at radius 1 is 1.82 bits per heavy atom. The fourth-order valence-corrected chi connectivity index (χ4v) is 3.08. The third-order valence-electron chi connectivity index (χ3n) is 1.56. The van der Waals surface area contributed by atoms with Gasteiger partial charge in [-0.3, -0.25) is 0 Å². The predicted octanol–water partition coefficient (Wildman–Crippen LogP) is 2.99. The van der Waals surface area contributed by atoms with Crippen molar-refractivity contribution < 1.29 is 4.52 Å². The standard InChI is InChI=1S/C8H14ClOP/c1-7-3-4-11(6-7)10-5-8(2)9/h3,8H,4-6H2,1-2H3. The molecule has 0 fully saturated rings. The van der Waals surface area contributed by atoms with E-state index < -0.39 is 0 Å². The molecule has 0 saturated heterocycles. The van der Waals surface area contributed by atoms with Gasteiger partial charge in [-0.2, -0.15) is 0 Å². The molecule has 1 rings (SSSR count). The van der Waals surface area contributed by atoms with Crippen LogP contribution in [0.5, 0.6) is 0 Å². The second-order valence-electron chi connectivity index (χ2n) is 2.95. The minimum atomic E-state index is -0.194. The van der Waals surface area contributed by atoms with Gasteiger partial charge in [0.2, 0.25) is 0 Å². The zero-order valence-electron chi connectivity index (χ0n) is 7.01. The molecule has 0 saturated carbocycles. The van der Waals surface area contributed by atoms with Gasteiger partial charge in [0.05, 0.1) is 12.0 Å². The molecule has 0 amide bonds. The first-order chi connectivity index (χ1) is 5.18. The van der Waals surface area contributed by atoms with E-state index in [4.69, 9.17) is 16.1 Å². The first-order valence-electron chi connectivity index (χ1n) is 3.86. The lowest BCUT2D eigenvalue weighted by molar-refractivity contribution is 0.357. The summed E-state index contributed by atoms with van der Waals surface area (Å²) in [7, 11) is -0.194. The van der Waals surface area contributed by atoms with Gasteiger partial charge in [0.25, 0.3) is 0 Å². The molecule has 1 aliphatic heterocycles. The summed E-state index contributed by atoms with van der Waals surface area (Å²) in [5.41, 5.74) is 1.47. The fourth-order valence-electron chi connectivity index (χ4n) is 0.971. The molecule has 0 aromatic heterocycles. The molecule has 0 N–H and O–H groups in total. The van der Waals surface area contributed by atoms with Crippen molar-refractivity contribution in [2.75, 3.05) is 18.9 Å². The molecule has 1 nitrogen and oxygen atoms in total. The van der Waals surface area contributed by atoms with Crippen LogP contribution >= 0.6 is 19.7 Å².